The minimum atomic E-state index is -1.82. The van der Waals surface area contributed by atoms with E-state index in [0.717, 1.165) is 11.3 Å². The second kappa shape index (κ2) is 9.33. The lowest BCUT2D eigenvalue weighted by Crippen LogP contribution is -2.52. The Hall–Kier alpha value is -3.23. The maximum Gasteiger partial charge on any atom is 0.255 e. The summed E-state index contributed by atoms with van der Waals surface area (Å²) in [5.41, 5.74) is 3.40. The molecule has 33 heavy (non-hydrogen) atoms. The number of imide groups is 1. The van der Waals surface area contributed by atoms with Crippen LogP contribution in [-0.2, 0) is 33.9 Å². The molecule has 1 atom stereocenters. The molecule has 0 radical (unpaired) electrons. The molecule has 2 fully saturated rings. The molecule has 3 aliphatic rings. The highest BCUT2D eigenvalue weighted by Gasteiger charge is 2.39. The number of hydrogen-bond donors (Lipinski definition) is 2. The lowest BCUT2D eigenvalue weighted by Gasteiger charge is -2.29. The second-order valence-corrected chi connectivity index (χ2v) is 8.31. The number of rotatable bonds is 6. The number of morpholine rings is 1. The van der Waals surface area contributed by atoms with Crippen LogP contribution >= 0.6 is 0 Å². The van der Waals surface area contributed by atoms with Gasteiger partial charge in [0.25, 0.3) is 5.91 Å². The second-order valence-electron chi connectivity index (χ2n) is 8.31. The average molecular weight is 452 g/mol. The van der Waals surface area contributed by atoms with Gasteiger partial charge in [0, 0.05) is 58.7 Å². The molecule has 1 unspecified atom stereocenters. The molecule has 3 aliphatic heterocycles. The van der Waals surface area contributed by atoms with E-state index in [1.807, 2.05) is 18.2 Å². The van der Waals surface area contributed by atoms with E-state index in [2.05, 4.69) is 10.6 Å². The summed E-state index contributed by atoms with van der Waals surface area (Å²) >= 11 is 0. The van der Waals surface area contributed by atoms with Gasteiger partial charge in [0.05, 0.1) is 14.6 Å². The first-order valence-electron chi connectivity index (χ1n) is 12.6. The molecule has 3 heterocycles. The number of nitrogens with zero attached hydrogens (tertiary/aromatic N) is 2. The van der Waals surface area contributed by atoms with Gasteiger partial charge in [-0.15, -0.1) is 0 Å². The van der Waals surface area contributed by atoms with Gasteiger partial charge in [0.15, 0.2) is 0 Å². The summed E-state index contributed by atoms with van der Waals surface area (Å²) in [6, 6.07) is 10.8. The van der Waals surface area contributed by atoms with E-state index in [4.69, 9.17) is 8.85 Å². The van der Waals surface area contributed by atoms with Crippen LogP contribution in [-0.4, -0.2) is 59.8 Å². The normalized spacial score (nSPS) is 25.2. The van der Waals surface area contributed by atoms with Crippen molar-refractivity contribution >= 4 is 23.4 Å². The van der Waals surface area contributed by atoms with E-state index in [9.17, 15) is 14.4 Å². The van der Waals surface area contributed by atoms with Crippen molar-refractivity contribution in [1.29, 1.82) is 0 Å². The molecular weight excluding hydrogens is 420 g/mol. The quantitative estimate of drug-likeness (QED) is 0.652. The predicted octanol–water partition coefficient (Wildman–Crippen LogP) is 1.89. The Balaban J connectivity index is 1.28. The number of piperidine rings is 1. The van der Waals surface area contributed by atoms with Gasteiger partial charge in [-0.2, -0.15) is 0 Å². The lowest BCUT2D eigenvalue weighted by atomic mass is 10.0. The van der Waals surface area contributed by atoms with Gasteiger partial charge in [-0.1, -0.05) is 30.3 Å². The van der Waals surface area contributed by atoms with Gasteiger partial charge in [-0.25, -0.2) is 0 Å². The van der Waals surface area contributed by atoms with Gasteiger partial charge in [-0.3, -0.25) is 24.6 Å². The molecule has 2 aromatic carbocycles. The molecule has 8 heteroatoms. The van der Waals surface area contributed by atoms with Crippen molar-refractivity contribution in [3.63, 3.8) is 0 Å². The van der Waals surface area contributed by atoms with Crippen LogP contribution in [0.25, 0.3) is 0 Å². The highest BCUT2D eigenvalue weighted by Crippen LogP contribution is 2.32. The van der Waals surface area contributed by atoms with Crippen molar-refractivity contribution < 1.29 is 23.2 Å². The zero-order valence-electron chi connectivity index (χ0n) is 21.2. The van der Waals surface area contributed by atoms with Gasteiger partial charge >= 0.3 is 0 Å². The SMILES string of the molecule is [2H]C1(N2Cc3c(NCc4ccc(C([2H])([2H])N5CCOCC5)cc4)cccc3C2=O)CCC(=O)NC1=O. The summed E-state index contributed by atoms with van der Waals surface area (Å²) in [6.07, 6.45) is -0.0234. The average Bonchev–Trinajstić information content (AvgIpc) is 3.23. The molecule has 0 aromatic heterocycles. The number of hydrogen-bond acceptors (Lipinski definition) is 6. The monoisotopic (exact) mass is 451 g/mol. The number of anilines is 1. The molecular formula is C25H28N4O4. The molecule has 0 spiro atoms. The van der Waals surface area contributed by atoms with Crippen molar-refractivity contribution in [3.8, 4) is 0 Å². The van der Waals surface area contributed by atoms with E-state index in [1.165, 1.54) is 4.90 Å². The molecule has 0 bridgehead atoms. The van der Waals surface area contributed by atoms with Crippen molar-refractivity contribution in [1.82, 2.24) is 15.1 Å². The van der Waals surface area contributed by atoms with Crippen LogP contribution in [0.15, 0.2) is 42.5 Å². The van der Waals surface area contributed by atoms with Crippen LogP contribution in [0.3, 0.4) is 0 Å². The fraction of sp³-hybridized carbons (Fsp3) is 0.400. The van der Waals surface area contributed by atoms with E-state index in [-0.39, 0.29) is 19.4 Å². The molecule has 3 amide bonds. The Kier molecular flexibility index (Phi) is 5.15. The molecule has 8 nitrogen and oxygen atoms in total. The number of amides is 3. The van der Waals surface area contributed by atoms with Crippen LogP contribution in [0.2, 0.25) is 0 Å². The highest BCUT2D eigenvalue weighted by molar-refractivity contribution is 6.06. The number of fused-ring (bicyclic) bond motifs is 1. The minimum Gasteiger partial charge on any atom is -0.381 e. The van der Waals surface area contributed by atoms with Gasteiger partial charge in [0.2, 0.25) is 11.8 Å². The number of nitrogens with one attached hydrogen (secondary N) is 2. The first kappa shape index (κ1) is 18.2. The Morgan fingerprint density at radius 3 is 2.61 bits per heavy atom. The fourth-order valence-corrected chi connectivity index (χ4v) is 4.33. The zero-order chi connectivity index (χ0) is 25.5. The van der Waals surface area contributed by atoms with Crippen LogP contribution in [0.1, 0.15) is 44.0 Å². The van der Waals surface area contributed by atoms with Crippen molar-refractivity contribution in [2.75, 3.05) is 31.6 Å². The van der Waals surface area contributed by atoms with Crippen LogP contribution in [0.5, 0.6) is 0 Å². The third-order valence-electron chi connectivity index (χ3n) is 6.13. The van der Waals surface area contributed by atoms with E-state index < -0.39 is 30.2 Å². The number of benzene rings is 2. The molecule has 2 N–H and O–H groups in total. The summed E-state index contributed by atoms with van der Waals surface area (Å²) in [5.74, 6) is -1.60. The van der Waals surface area contributed by atoms with Crippen molar-refractivity contribution in [2.24, 2.45) is 0 Å². The van der Waals surface area contributed by atoms with Crippen molar-refractivity contribution in [2.45, 2.75) is 38.4 Å². The van der Waals surface area contributed by atoms with Gasteiger partial charge in [0.1, 0.15) is 6.02 Å². The molecule has 5 rings (SSSR count). The van der Waals surface area contributed by atoms with E-state index in [1.54, 1.807) is 29.2 Å². The summed E-state index contributed by atoms with van der Waals surface area (Å²) < 4.78 is 31.1. The van der Waals surface area contributed by atoms with E-state index >= 15 is 0 Å². The maximum absolute atomic E-state index is 13.1. The first-order valence-corrected chi connectivity index (χ1v) is 11.1. The van der Waals surface area contributed by atoms with Gasteiger partial charge < -0.3 is 15.0 Å². The van der Waals surface area contributed by atoms with Crippen LogP contribution < -0.4 is 10.6 Å². The lowest BCUT2D eigenvalue weighted by molar-refractivity contribution is -0.136. The fourth-order valence-electron chi connectivity index (χ4n) is 4.33. The topological polar surface area (TPSA) is 91.0 Å². The standard InChI is InChI=1S/C25H28N4O4/c30-23-9-8-22(24(31)27-23)29-16-20-19(25(29)32)2-1-3-21(20)26-14-17-4-6-18(7-5-17)15-28-10-12-33-13-11-28/h1-7,22,26H,8-16H2,(H,27,30,31)/i15D2,22D. The Morgan fingerprint density at radius 2 is 1.85 bits per heavy atom. The van der Waals surface area contributed by atoms with Gasteiger partial charge in [-0.05, 0) is 29.7 Å². The third kappa shape index (κ3) is 4.62. The number of ether oxygens (including phenoxy) is 1. The summed E-state index contributed by atoms with van der Waals surface area (Å²) in [5, 5.41) is 5.52. The number of carbonyl (C=O) groups is 3. The summed E-state index contributed by atoms with van der Waals surface area (Å²) in [7, 11) is 0. The predicted molar refractivity (Wildman–Crippen MR) is 122 cm³/mol. The molecule has 2 saturated heterocycles. The largest absolute Gasteiger partial charge is 0.381 e. The Bertz CT molecular complexity index is 1200. The van der Waals surface area contributed by atoms with E-state index in [0.29, 0.717) is 49.5 Å². The molecule has 0 saturated carbocycles. The summed E-state index contributed by atoms with van der Waals surface area (Å²) in [4.78, 5) is 40.1. The maximum atomic E-state index is 13.1. The van der Waals surface area contributed by atoms with Crippen LogP contribution in [0, 0.1) is 0 Å². The van der Waals surface area contributed by atoms with Crippen molar-refractivity contribution in [3.05, 3.63) is 64.7 Å². The Labute approximate surface area is 197 Å². The molecule has 172 valence electrons. The van der Waals surface area contributed by atoms with Crippen LogP contribution in [0.4, 0.5) is 5.69 Å². The first-order chi connectivity index (χ1) is 17.2. The third-order valence-corrected chi connectivity index (χ3v) is 6.13. The molecule has 0 aliphatic carbocycles. The Morgan fingerprint density at radius 1 is 1.09 bits per heavy atom. The zero-order valence-corrected chi connectivity index (χ0v) is 18.2. The smallest absolute Gasteiger partial charge is 0.255 e. The summed E-state index contributed by atoms with van der Waals surface area (Å²) in [6.45, 7) is 1.10. The highest BCUT2D eigenvalue weighted by atomic mass is 16.5. The number of carbonyl (C=O) groups excluding carboxylic acids is 3. The minimum absolute atomic E-state index is 0.0138. The molecule has 2 aromatic rings.